The van der Waals surface area contributed by atoms with Gasteiger partial charge in [-0.05, 0) is 24.6 Å². The molecule has 1 atom stereocenters. The highest BCUT2D eigenvalue weighted by Crippen LogP contribution is 2.17. The van der Waals surface area contributed by atoms with Crippen LogP contribution in [0.1, 0.15) is 22.3 Å². The number of hydrogen-bond acceptors (Lipinski definition) is 5. The van der Waals surface area contributed by atoms with E-state index in [0.717, 1.165) is 12.0 Å². The third-order valence-electron chi connectivity index (χ3n) is 3.46. The molecule has 0 aliphatic carbocycles. The average Bonchev–Trinajstić information content (AvgIpc) is 3.03. The minimum absolute atomic E-state index is 0.00591. The van der Waals surface area contributed by atoms with E-state index in [1.807, 2.05) is 13.0 Å². The monoisotopic (exact) mass is 299 g/mol. The zero-order chi connectivity index (χ0) is 15.4. The van der Waals surface area contributed by atoms with Crippen molar-refractivity contribution in [2.75, 3.05) is 18.5 Å². The molecule has 1 aliphatic heterocycles. The molecule has 3 rings (SSSR count). The van der Waals surface area contributed by atoms with Gasteiger partial charge < -0.3 is 14.8 Å². The van der Waals surface area contributed by atoms with E-state index in [4.69, 9.17) is 9.47 Å². The van der Waals surface area contributed by atoms with Crippen molar-refractivity contribution in [2.45, 2.75) is 19.4 Å². The van der Waals surface area contributed by atoms with Crippen LogP contribution in [0.25, 0.3) is 0 Å². The number of hydrogen-bond donors (Lipinski definition) is 1. The van der Waals surface area contributed by atoms with Gasteiger partial charge in [-0.1, -0.05) is 0 Å². The fourth-order valence-electron chi connectivity index (χ4n) is 2.18. The Labute approximate surface area is 128 Å². The number of anilines is 1. The molecule has 22 heavy (non-hydrogen) atoms. The third-order valence-corrected chi connectivity index (χ3v) is 3.46. The van der Waals surface area contributed by atoms with Gasteiger partial charge in [0.15, 0.2) is 0 Å². The topological polar surface area (TPSA) is 73.3 Å². The summed E-state index contributed by atoms with van der Waals surface area (Å²) in [6.45, 7) is 3.18. The van der Waals surface area contributed by atoms with Crippen LogP contribution in [0.2, 0.25) is 0 Å². The Hall–Kier alpha value is -2.47. The first-order valence-electron chi connectivity index (χ1n) is 7.15. The lowest BCUT2D eigenvalue weighted by Crippen LogP contribution is -2.17. The molecule has 1 unspecified atom stereocenters. The lowest BCUT2D eigenvalue weighted by Gasteiger charge is -2.12. The minimum Gasteiger partial charge on any atom is -0.472 e. The zero-order valence-electron chi connectivity index (χ0n) is 12.3. The standard InChI is InChI=1S/C16H17N3O3/c1-11-2-5-17-9-14(11)19-16(20)12-3-6-18-15(8-12)22-13-4-7-21-10-13/h2-3,5-6,8-9,13H,4,7,10H2,1H3,(H,19,20). The first-order valence-corrected chi connectivity index (χ1v) is 7.15. The summed E-state index contributed by atoms with van der Waals surface area (Å²) in [6.07, 6.45) is 5.73. The molecule has 0 bridgehead atoms. The number of carbonyl (C=O) groups is 1. The van der Waals surface area contributed by atoms with Gasteiger partial charge in [-0.15, -0.1) is 0 Å². The predicted molar refractivity (Wildman–Crippen MR) is 81.0 cm³/mol. The van der Waals surface area contributed by atoms with E-state index in [0.29, 0.717) is 30.3 Å². The van der Waals surface area contributed by atoms with Crippen LogP contribution in [0.5, 0.6) is 5.88 Å². The molecule has 0 aromatic carbocycles. The minimum atomic E-state index is -0.217. The molecule has 1 amide bonds. The predicted octanol–water partition coefficient (Wildman–Crippen LogP) is 2.21. The van der Waals surface area contributed by atoms with Gasteiger partial charge in [0, 0.05) is 30.4 Å². The highest BCUT2D eigenvalue weighted by Gasteiger charge is 2.18. The largest absolute Gasteiger partial charge is 0.472 e. The molecule has 0 saturated carbocycles. The Kier molecular flexibility index (Phi) is 4.29. The van der Waals surface area contributed by atoms with E-state index in [-0.39, 0.29) is 12.0 Å². The first kappa shape index (κ1) is 14.5. The van der Waals surface area contributed by atoms with Crippen molar-refractivity contribution in [1.29, 1.82) is 0 Å². The van der Waals surface area contributed by atoms with Crippen molar-refractivity contribution < 1.29 is 14.3 Å². The molecular formula is C16H17N3O3. The molecule has 0 spiro atoms. The van der Waals surface area contributed by atoms with E-state index in [2.05, 4.69) is 15.3 Å². The van der Waals surface area contributed by atoms with Crippen molar-refractivity contribution in [3.8, 4) is 5.88 Å². The molecule has 1 fully saturated rings. The maximum atomic E-state index is 12.3. The highest BCUT2D eigenvalue weighted by atomic mass is 16.5. The van der Waals surface area contributed by atoms with E-state index in [1.54, 1.807) is 30.7 Å². The second-order valence-corrected chi connectivity index (χ2v) is 5.13. The molecule has 0 radical (unpaired) electrons. The SMILES string of the molecule is Cc1ccncc1NC(=O)c1ccnc(OC2CCOC2)c1. The summed E-state index contributed by atoms with van der Waals surface area (Å²) >= 11 is 0. The number of amides is 1. The number of aromatic nitrogens is 2. The maximum Gasteiger partial charge on any atom is 0.255 e. The highest BCUT2D eigenvalue weighted by molar-refractivity contribution is 6.04. The number of rotatable bonds is 4. The van der Waals surface area contributed by atoms with Crippen LogP contribution in [-0.4, -0.2) is 35.2 Å². The smallest absolute Gasteiger partial charge is 0.255 e. The van der Waals surface area contributed by atoms with E-state index >= 15 is 0 Å². The summed E-state index contributed by atoms with van der Waals surface area (Å²) < 4.78 is 11.0. The van der Waals surface area contributed by atoms with Crippen molar-refractivity contribution in [2.24, 2.45) is 0 Å². The Morgan fingerprint density at radius 3 is 3.09 bits per heavy atom. The van der Waals surface area contributed by atoms with Gasteiger partial charge in [0.25, 0.3) is 5.91 Å². The molecular weight excluding hydrogens is 282 g/mol. The Balaban J connectivity index is 1.71. The van der Waals surface area contributed by atoms with E-state index < -0.39 is 0 Å². The van der Waals surface area contributed by atoms with Crippen LogP contribution in [-0.2, 0) is 4.74 Å². The van der Waals surface area contributed by atoms with Crippen molar-refractivity contribution >= 4 is 11.6 Å². The second-order valence-electron chi connectivity index (χ2n) is 5.13. The molecule has 6 heteroatoms. The summed E-state index contributed by atoms with van der Waals surface area (Å²) in [5.74, 6) is 0.220. The molecule has 114 valence electrons. The van der Waals surface area contributed by atoms with Gasteiger partial charge >= 0.3 is 0 Å². The van der Waals surface area contributed by atoms with Crippen molar-refractivity contribution in [3.05, 3.63) is 47.9 Å². The number of nitrogens with zero attached hydrogens (tertiary/aromatic N) is 2. The lowest BCUT2D eigenvalue weighted by atomic mass is 10.2. The van der Waals surface area contributed by atoms with Crippen LogP contribution in [0.4, 0.5) is 5.69 Å². The van der Waals surface area contributed by atoms with Crippen molar-refractivity contribution in [3.63, 3.8) is 0 Å². The second kappa shape index (κ2) is 6.53. The molecule has 1 N–H and O–H groups in total. The molecule has 2 aromatic heterocycles. The maximum absolute atomic E-state index is 12.3. The summed E-state index contributed by atoms with van der Waals surface area (Å²) in [7, 11) is 0. The third kappa shape index (κ3) is 3.40. The number of aryl methyl sites for hydroxylation is 1. The first-order chi connectivity index (χ1) is 10.7. The Morgan fingerprint density at radius 2 is 2.32 bits per heavy atom. The molecule has 1 saturated heterocycles. The Morgan fingerprint density at radius 1 is 1.41 bits per heavy atom. The van der Waals surface area contributed by atoms with E-state index in [1.165, 1.54) is 0 Å². The average molecular weight is 299 g/mol. The fraction of sp³-hybridized carbons (Fsp3) is 0.312. The van der Waals surface area contributed by atoms with Crippen LogP contribution in [0.15, 0.2) is 36.8 Å². The van der Waals surface area contributed by atoms with Gasteiger partial charge in [0.1, 0.15) is 6.10 Å². The summed E-state index contributed by atoms with van der Waals surface area (Å²) in [4.78, 5) is 20.5. The summed E-state index contributed by atoms with van der Waals surface area (Å²) in [5, 5.41) is 2.84. The van der Waals surface area contributed by atoms with Gasteiger partial charge in [-0.25, -0.2) is 4.98 Å². The quantitative estimate of drug-likeness (QED) is 0.937. The normalized spacial score (nSPS) is 17.2. The molecule has 2 aromatic rings. The summed E-state index contributed by atoms with van der Waals surface area (Å²) in [6, 6.07) is 5.13. The van der Waals surface area contributed by atoms with Gasteiger partial charge in [0.2, 0.25) is 5.88 Å². The van der Waals surface area contributed by atoms with Crippen LogP contribution >= 0.6 is 0 Å². The Bertz CT molecular complexity index is 669. The number of ether oxygens (including phenoxy) is 2. The van der Waals surface area contributed by atoms with Crippen molar-refractivity contribution in [1.82, 2.24) is 9.97 Å². The van der Waals surface area contributed by atoms with Gasteiger partial charge in [-0.3, -0.25) is 9.78 Å². The number of pyridine rings is 2. The molecule has 3 heterocycles. The van der Waals surface area contributed by atoms with E-state index in [9.17, 15) is 4.79 Å². The zero-order valence-corrected chi connectivity index (χ0v) is 12.3. The molecule has 6 nitrogen and oxygen atoms in total. The van der Waals surface area contributed by atoms with Gasteiger partial charge in [-0.2, -0.15) is 0 Å². The van der Waals surface area contributed by atoms with Crippen LogP contribution in [0.3, 0.4) is 0 Å². The van der Waals surface area contributed by atoms with Gasteiger partial charge in [0.05, 0.1) is 25.1 Å². The van der Waals surface area contributed by atoms with Crippen LogP contribution < -0.4 is 10.1 Å². The lowest BCUT2D eigenvalue weighted by molar-refractivity contribution is 0.102. The molecule has 1 aliphatic rings. The fourth-order valence-corrected chi connectivity index (χ4v) is 2.18. The van der Waals surface area contributed by atoms with Crippen LogP contribution in [0, 0.1) is 6.92 Å². The summed E-state index contributed by atoms with van der Waals surface area (Å²) in [5.41, 5.74) is 2.14. The number of carbonyl (C=O) groups excluding carboxylic acids is 1. The number of nitrogens with one attached hydrogen (secondary N) is 1.